The van der Waals surface area contributed by atoms with Gasteiger partial charge in [0.2, 0.25) is 11.8 Å². The Labute approximate surface area is 354 Å². The minimum atomic E-state index is -0.371. The number of benzene rings is 4. The van der Waals surface area contributed by atoms with Crippen molar-refractivity contribution in [3.05, 3.63) is 114 Å². The fourth-order valence-electron chi connectivity index (χ4n) is 7.67. The second-order valence-electron chi connectivity index (χ2n) is 15.0. The highest BCUT2D eigenvalue weighted by molar-refractivity contribution is 6.05. The first-order valence-electron chi connectivity index (χ1n) is 20.6. The molecule has 8 rings (SSSR count). The quantitative estimate of drug-likeness (QED) is 0.0905. The van der Waals surface area contributed by atoms with E-state index in [2.05, 4.69) is 48.3 Å². The van der Waals surface area contributed by atoms with Gasteiger partial charge < -0.3 is 45.0 Å². The summed E-state index contributed by atoms with van der Waals surface area (Å²) in [5, 5.41) is 13.9. The molecule has 61 heavy (non-hydrogen) atoms. The third-order valence-corrected chi connectivity index (χ3v) is 10.9. The number of carbonyl (C=O) groups is 2. The van der Waals surface area contributed by atoms with E-state index in [1.165, 1.54) is 0 Å². The molecule has 1 aromatic heterocycles. The van der Waals surface area contributed by atoms with Crippen molar-refractivity contribution in [3.8, 4) is 23.1 Å². The first kappa shape index (κ1) is 41.2. The van der Waals surface area contributed by atoms with Crippen LogP contribution >= 0.6 is 0 Å². The number of hydrogen-bond acceptors (Lipinski definition) is 12. The lowest BCUT2D eigenvalue weighted by molar-refractivity contribution is 0.0383. The molecule has 15 nitrogen and oxygen atoms in total. The number of allylic oxidation sites excluding steroid dienone is 1. The molecule has 3 aliphatic rings. The number of morpholine rings is 1. The maximum absolute atomic E-state index is 13.7. The number of amides is 3. The Bertz CT molecular complexity index is 2390. The molecule has 0 bridgehead atoms. The standard InChI is InChI=1S/C46H50N8O7/c1-57-35-11-9-30(10-12-35)32-25-34(28-40(49-29-32)42-8-5-21-60-42)51-46(56)52-39-13-14-41(38-7-4-3-6-37(38)39)61-43-15-16-48-45(53-43)50-33-24-31(26-36(27-33)58-2)44(55)47-17-18-54-19-22-59-23-20-54/h3-4,6-7,9-16,24,26-28,32,42H,5,8,17-23,25,29H2,1-2H3,(H,47,55)(H,48,50,53)(H2,51,52,56). The van der Waals surface area contributed by atoms with Crippen LogP contribution in [-0.2, 0) is 9.47 Å². The summed E-state index contributed by atoms with van der Waals surface area (Å²) in [5.41, 5.74) is 4.34. The molecule has 4 heterocycles. The van der Waals surface area contributed by atoms with Crippen molar-refractivity contribution in [3.63, 3.8) is 0 Å². The van der Waals surface area contributed by atoms with Crippen LogP contribution in [-0.4, -0.2) is 105 Å². The SMILES string of the molecule is COc1ccc(C2CN=C(C3CCCO3)C=C(NC(=O)Nc3ccc(Oc4ccnc(Nc5cc(OC)cc(C(=O)NCCN6CCOCC6)c5)n4)c4ccccc34)C2)cc1. The Morgan fingerprint density at radius 1 is 0.885 bits per heavy atom. The number of nitrogens with zero attached hydrogens (tertiary/aromatic N) is 4. The zero-order valence-electron chi connectivity index (χ0n) is 34.3. The van der Waals surface area contributed by atoms with Crippen molar-refractivity contribution in [1.29, 1.82) is 0 Å². The van der Waals surface area contributed by atoms with Crippen LogP contribution in [0.25, 0.3) is 10.8 Å². The van der Waals surface area contributed by atoms with Crippen LogP contribution in [0.3, 0.4) is 0 Å². The predicted molar refractivity (Wildman–Crippen MR) is 234 cm³/mol. The molecular formula is C46H50N8O7. The highest BCUT2D eigenvalue weighted by atomic mass is 16.5. The van der Waals surface area contributed by atoms with Gasteiger partial charge in [-0.15, -0.1) is 0 Å². The van der Waals surface area contributed by atoms with Crippen molar-refractivity contribution in [2.24, 2.45) is 4.99 Å². The van der Waals surface area contributed by atoms with E-state index in [1.807, 2.05) is 48.5 Å². The molecule has 2 atom stereocenters. The summed E-state index contributed by atoms with van der Waals surface area (Å²) >= 11 is 0. The van der Waals surface area contributed by atoms with Gasteiger partial charge in [-0.2, -0.15) is 4.98 Å². The van der Waals surface area contributed by atoms with E-state index in [0.29, 0.717) is 73.6 Å². The molecule has 316 valence electrons. The van der Waals surface area contributed by atoms with Crippen LogP contribution in [0.2, 0.25) is 0 Å². The number of hydrogen-bond donors (Lipinski definition) is 4. The van der Waals surface area contributed by atoms with E-state index < -0.39 is 0 Å². The molecule has 4 aromatic carbocycles. The highest BCUT2D eigenvalue weighted by Gasteiger charge is 2.26. The number of fused-ring (bicyclic) bond motifs is 1. The molecule has 3 amide bonds. The second-order valence-corrected chi connectivity index (χ2v) is 15.0. The van der Waals surface area contributed by atoms with E-state index >= 15 is 0 Å². The topological polar surface area (TPSA) is 170 Å². The molecule has 4 N–H and O–H groups in total. The van der Waals surface area contributed by atoms with Gasteiger partial charge in [0, 0.05) is 91.3 Å². The fourth-order valence-corrected chi connectivity index (χ4v) is 7.67. The Morgan fingerprint density at radius 2 is 1.70 bits per heavy atom. The monoisotopic (exact) mass is 826 g/mol. The molecule has 2 unspecified atom stereocenters. The van der Waals surface area contributed by atoms with E-state index in [9.17, 15) is 9.59 Å². The van der Waals surface area contributed by atoms with E-state index in [1.54, 1.807) is 50.7 Å². The molecule has 0 radical (unpaired) electrons. The number of aromatic nitrogens is 2. The van der Waals surface area contributed by atoms with Gasteiger partial charge in [-0.05, 0) is 67.3 Å². The van der Waals surface area contributed by atoms with E-state index in [-0.39, 0.29) is 29.9 Å². The van der Waals surface area contributed by atoms with Gasteiger partial charge in [-0.3, -0.25) is 14.7 Å². The first-order chi connectivity index (χ1) is 29.9. The van der Waals surface area contributed by atoms with Crippen LogP contribution in [0.4, 0.5) is 22.1 Å². The zero-order chi connectivity index (χ0) is 42.0. The normalized spacial score (nSPS) is 18.0. The van der Waals surface area contributed by atoms with Crippen LogP contribution in [0.1, 0.15) is 41.1 Å². The second kappa shape index (κ2) is 19.7. The average Bonchev–Trinajstić information content (AvgIpc) is 3.75. The molecule has 2 fully saturated rings. The largest absolute Gasteiger partial charge is 0.497 e. The summed E-state index contributed by atoms with van der Waals surface area (Å²) in [6, 6.07) is 25.7. The molecule has 2 saturated heterocycles. The van der Waals surface area contributed by atoms with E-state index in [0.717, 1.165) is 66.0 Å². The lowest BCUT2D eigenvalue weighted by atomic mass is 9.94. The number of carbonyl (C=O) groups excluding carboxylic acids is 2. The number of methoxy groups -OCH3 is 2. The molecule has 0 aliphatic carbocycles. The van der Waals surface area contributed by atoms with Gasteiger partial charge in [-0.25, -0.2) is 9.78 Å². The summed E-state index contributed by atoms with van der Waals surface area (Å²) in [7, 11) is 3.20. The Kier molecular flexibility index (Phi) is 13.3. The lowest BCUT2D eigenvalue weighted by Crippen LogP contribution is -2.41. The average molecular weight is 827 g/mol. The number of urea groups is 1. The number of anilines is 3. The van der Waals surface area contributed by atoms with Gasteiger partial charge in [0.1, 0.15) is 17.2 Å². The van der Waals surface area contributed by atoms with Crippen molar-refractivity contribution in [2.75, 3.05) is 77.4 Å². The van der Waals surface area contributed by atoms with E-state index in [4.69, 9.17) is 28.7 Å². The summed E-state index contributed by atoms with van der Waals surface area (Å²) in [4.78, 5) is 43.0. The minimum Gasteiger partial charge on any atom is -0.497 e. The van der Waals surface area contributed by atoms with Gasteiger partial charge in [0.05, 0.1) is 44.9 Å². The van der Waals surface area contributed by atoms with Crippen LogP contribution in [0.5, 0.6) is 23.1 Å². The van der Waals surface area contributed by atoms with Crippen LogP contribution < -0.4 is 35.5 Å². The number of ether oxygens (including phenoxy) is 5. The third kappa shape index (κ3) is 10.6. The van der Waals surface area contributed by atoms with Crippen molar-refractivity contribution >= 4 is 45.7 Å². The maximum Gasteiger partial charge on any atom is 0.323 e. The van der Waals surface area contributed by atoms with Crippen LogP contribution in [0, 0.1) is 0 Å². The molecular weight excluding hydrogens is 777 g/mol. The number of aliphatic imine (C=N–C) groups is 1. The summed E-state index contributed by atoms with van der Waals surface area (Å²) in [6.07, 6.45) is 5.94. The van der Waals surface area contributed by atoms with Crippen molar-refractivity contribution in [2.45, 2.75) is 31.3 Å². The van der Waals surface area contributed by atoms with Gasteiger partial charge >= 0.3 is 6.03 Å². The maximum atomic E-state index is 13.7. The Balaban J connectivity index is 0.943. The molecule has 5 aromatic rings. The smallest absolute Gasteiger partial charge is 0.323 e. The fraction of sp³-hybridized carbons (Fsp3) is 0.326. The molecule has 0 saturated carbocycles. The van der Waals surface area contributed by atoms with Gasteiger partial charge in [0.25, 0.3) is 5.91 Å². The molecule has 3 aliphatic heterocycles. The minimum absolute atomic E-state index is 0.0570. The summed E-state index contributed by atoms with van der Waals surface area (Å²) < 4.78 is 28.6. The summed E-state index contributed by atoms with van der Waals surface area (Å²) in [6.45, 7) is 5.65. The Morgan fingerprint density at radius 3 is 2.49 bits per heavy atom. The van der Waals surface area contributed by atoms with Crippen LogP contribution in [0.15, 0.2) is 108 Å². The lowest BCUT2D eigenvalue weighted by Gasteiger charge is -2.26. The predicted octanol–water partition coefficient (Wildman–Crippen LogP) is 7.06. The van der Waals surface area contributed by atoms with Crippen molar-refractivity contribution < 1.29 is 33.3 Å². The van der Waals surface area contributed by atoms with Gasteiger partial charge in [0.15, 0.2) is 0 Å². The number of nitrogens with one attached hydrogen (secondary N) is 4. The first-order valence-corrected chi connectivity index (χ1v) is 20.6. The van der Waals surface area contributed by atoms with Gasteiger partial charge in [-0.1, -0.05) is 36.4 Å². The molecule has 0 spiro atoms. The number of rotatable bonds is 14. The Hall–Kier alpha value is -6.55. The third-order valence-electron chi connectivity index (χ3n) is 10.9. The summed E-state index contributed by atoms with van der Waals surface area (Å²) in [5.74, 6) is 2.23. The zero-order valence-corrected chi connectivity index (χ0v) is 34.3. The van der Waals surface area contributed by atoms with Crippen molar-refractivity contribution in [1.82, 2.24) is 25.5 Å². The molecule has 15 heteroatoms. The highest BCUT2D eigenvalue weighted by Crippen LogP contribution is 2.35.